The van der Waals surface area contributed by atoms with Crippen molar-refractivity contribution in [1.29, 1.82) is 0 Å². The van der Waals surface area contributed by atoms with Crippen molar-refractivity contribution in [3.05, 3.63) is 71.5 Å². The average molecular weight is 295 g/mol. The molecule has 104 valence electrons. The molecule has 1 heterocycles. The molecule has 0 N–H and O–H groups in total. The van der Waals surface area contributed by atoms with Gasteiger partial charge in [-0.1, -0.05) is 67.6 Å². The molecule has 0 aliphatic carbocycles. The minimum Gasteiger partial charge on any atom is -0.218 e. The number of nitrogens with zero attached hydrogens (tertiary/aromatic N) is 2. The van der Waals surface area contributed by atoms with Crippen LogP contribution in [-0.2, 0) is 6.42 Å². The molecule has 0 bridgehead atoms. The fraction of sp³-hybridized carbons (Fsp3) is 0.111. The van der Waals surface area contributed by atoms with E-state index in [9.17, 15) is 0 Å². The van der Waals surface area contributed by atoms with Gasteiger partial charge in [-0.25, -0.2) is 9.97 Å². The maximum Gasteiger partial charge on any atom is 0.223 e. The Hall–Kier alpha value is -2.19. The molecule has 0 aliphatic rings. The molecule has 0 spiro atoms. The first-order chi connectivity index (χ1) is 10.3. The Morgan fingerprint density at radius 3 is 1.57 bits per heavy atom. The lowest BCUT2D eigenvalue weighted by Crippen LogP contribution is -2.00. The third-order valence-electron chi connectivity index (χ3n) is 3.43. The van der Waals surface area contributed by atoms with E-state index in [1.807, 2.05) is 60.7 Å². The van der Waals surface area contributed by atoms with Gasteiger partial charge in [-0.05, 0) is 18.0 Å². The highest BCUT2D eigenvalue weighted by molar-refractivity contribution is 6.28. The van der Waals surface area contributed by atoms with Gasteiger partial charge in [0.05, 0.1) is 11.4 Å². The lowest BCUT2D eigenvalue weighted by atomic mass is 9.98. The highest BCUT2D eigenvalue weighted by Gasteiger charge is 2.15. The Bertz CT molecular complexity index is 679. The summed E-state index contributed by atoms with van der Waals surface area (Å²) in [6.45, 7) is 2.12. The van der Waals surface area contributed by atoms with E-state index in [-0.39, 0.29) is 5.28 Å². The van der Waals surface area contributed by atoms with E-state index in [0.717, 1.165) is 34.5 Å². The Morgan fingerprint density at radius 1 is 0.762 bits per heavy atom. The van der Waals surface area contributed by atoms with E-state index in [2.05, 4.69) is 16.9 Å². The van der Waals surface area contributed by atoms with Crippen molar-refractivity contribution in [2.45, 2.75) is 13.3 Å². The zero-order valence-corrected chi connectivity index (χ0v) is 12.5. The van der Waals surface area contributed by atoms with E-state index >= 15 is 0 Å². The molecule has 2 aromatic carbocycles. The summed E-state index contributed by atoms with van der Waals surface area (Å²) in [4.78, 5) is 8.91. The Kier molecular flexibility index (Phi) is 3.98. The summed E-state index contributed by atoms with van der Waals surface area (Å²) in [6, 6.07) is 20.2. The third-order valence-corrected chi connectivity index (χ3v) is 3.60. The highest BCUT2D eigenvalue weighted by Crippen LogP contribution is 2.31. The second-order valence-electron chi connectivity index (χ2n) is 4.75. The van der Waals surface area contributed by atoms with Crippen LogP contribution in [0.2, 0.25) is 5.28 Å². The molecular formula is C18H15ClN2. The first-order valence-electron chi connectivity index (χ1n) is 6.97. The first-order valence-corrected chi connectivity index (χ1v) is 7.34. The molecule has 2 nitrogen and oxygen atoms in total. The summed E-state index contributed by atoms with van der Waals surface area (Å²) >= 11 is 6.16. The summed E-state index contributed by atoms with van der Waals surface area (Å²) in [5.74, 6) is 0. The summed E-state index contributed by atoms with van der Waals surface area (Å²) in [7, 11) is 0. The smallest absolute Gasteiger partial charge is 0.218 e. The third kappa shape index (κ3) is 2.81. The van der Waals surface area contributed by atoms with Crippen LogP contribution in [0.4, 0.5) is 0 Å². The van der Waals surface area contributed by atoms with Crippen molar-refractivity contribution in [1.82, 2.24) is 9.97 Å². The predicted molar refractivity (Wildman–Crippen MR) is 87.3 cm³/mol. The molecule has 0 amide bonds. The molecule has 21 heavy (non-hydrogen) atoms. The van der Waals surface area contributed by atoms with Gasteiger partial charge in [0, 0.05) is 16.7 Å². The Balaban J connectivity index is 2.25. The highest BCUT2D eigenvalue weighted by atomic mass is 35.5. The number of rotatable bonds is 3. The van der Waals surface area contributed by atoms with E-state index in [1.165, 1.54) is 0 Å². The maximum absolute atomic E-state index is 6.16. The van der Waals surface area contributed by atoms with Gasteiger partial charge in [-0.3, -0.25) is 0 Å². The fourth-order valence-electron chi connectivity index (χ4n) is 2.46. The number of benzene rings is 2. The zero-order valence-electron chi connectivity index (χ0n) is 11.8. The van der Waals surface area contributed by atoms with E-state index < -0.39 is 0 Å². The monoisotopic (exact) mass is 294 g/mol. The van der Waals surface area contributed by atoms with Gasteiger partial charge in [-0.15, -0.1) is 0 Å². The average Bonchev–Trinajstić information content (AvgIpc) is 2.55. The van der Waals surface area contributed by atoms with Crippen molar-refractivity contribution in [3.8, 4) is 22.5 Å². The second kappa shape index (κ2) is 6.06. The normalized spacial score (nSPS) is 10.6. The summed E-state index contributed by atoms with van der Waals surface area (Å²) in [5, 5.41) is 0.282. The van der Waals surface area contributed by atoms with E-state index in [1.54, 1.807) is 0 Å². The number of hydrogen-bond acceptors (Lipinski definition) is 2. The SMILES string of the molecule is CCc1c(-c2ccccc2)nc(Cl)nc1-c1ccccc1. The first kappa shape index (κ1) is 13.8. The Labute approximate surface area is 129 Å². The fourth-order valence-corrected chi connectivity index (χ4v) is 2.63. The molecule has 0 saturated heterocycles. The molecule has 0 aliphatic heterocycles. The van der Waals surface area contributed by atoms with E-state index in [0.29, 0.717) is 0 Å². The van der Waals surface area contributed by atoms with Gasteiger partial charge < -0.3 is 0 Å². The van der Waals surface area contributed by atoms with Gasteiger partial charge in [0.1, 0.15) is 0 Å². The molecular weight excluding hydrogens is 280 g/mol. The summed E-state index contributed by atoms with van der Waals surface area (Å²) < 4.78 is 0. The van der Waals surface area contributed by atoms with Crippen LogP contribution in [0.3, 0.4) is 0 Å². The topological polar surface area (TPSA) is 25.8 Å². The summed E-state index contributed by atoms with van der Waals surface area (Å²) in [5.41, 5.74) is 5.08. The van der Waals surface area contributed by atoms with Gasteiger partial charge >= 0.3 is 0 Å². The van der Waals surface area contributed by atoms with Crippen LogP contribution in [0, 0.1) is 0 Å². The van der Waals surface area contributed by atoms with Gasteiger partial charge in [0.2, 0.25) is 5.28 Å². The molecule has 0 saturated carbocycles. The molecule has 0 unspecified atom stereocenters. The maximum atomic E-state index is 6.16. The molecule has 3 heteroatoms. The number of aromatic nitrogens is 2. The van der Waals surface area contributed by atoms with Crippen LogP contribution in [0.1, 0.15) is 12.5 Å². The molecule has 0 radical (unpaired) electrons. The zero-order chi connectivity index (χ0) is 14.7. The van der Waals surface area contributed by atoms with Crippen molar-refractivity contribution in [3.63, 3.8) is 0 Å². The van der Waals surface area contributed by atoms with Crippen LogP contribution in [0.5, 0.6) is 0 Å². The quantitative estimate of drug-likeness (QED) is 0.633. The molecule has 0 atom stereocenters. The van der Waals surface area contributed by atoms with Crippen LogP contribution < -0.4 is 0 Å². The van der Waals surface area contributed by atoms with Gasteiger partial charge in [-0.2, -0.15) is 0 Å². The van der Waals surface area contributed by atoms with E-state index in [4.69, 9.17) is 11.6 Å². The van der Waals surface area contributed by atoms with Crippen LogP contribution in [0.15, 0.2) is 60.7 Å². The lowest BCUT2D eigenvalue weighted by molar-refractivity contribution is 1.06. The largest absolute Gasteiger partial charge is 0.223 e. The van der Waals surface area contributed by atoms with Crippen molar-refractivity contribution in [2.24, 2.45) is 0 Å². The van der Waals surface area contributed by atoms with Crippen molar-refractivity contribution >= 4 is 11.6 Å². The minimum atomic E-state index is 0.282. The Morgan fingerprint density at radius 2 is 1.19 bits per heavy atom. The van der Waals surface area contributed by atoms with Crippen molar-refractivity contribution in [2.75, 3.05) is 0 Å². The predicted octanol–water partition coefficient (Wildman–Crippen LogP) is 5.03. The van der Waals surface area contributed by atoms with Crippen LogP contribution >= 0.6 is 11.6 Å². The second-order valence-corrected chi connectivity index (χ2v) is 5.09. The molecule has 0 fully saturated rings. The number of halogens is 1. The molecule has 3 rings (SSSR count). The molecule has 3 aromatic rings. The lowest BCUT2D eigenvalue weighted by Gasteiger charge is -2.13. The number of hydrogen-bond donors (Lipinski definition) is 0. The standard InChI is InChI=1S/C18H15ClN2/c1-2-15-16(13-9-5-3-6-10-13)20-18(19)21-17(15)14-11-7-4-8-12-14/h3-12H,2H2,1H3. The molecule has 1 aromatic heterocycles. The van der Waals surface area contributed by atoms with Gasteiger partial charge in [0.15, 0.2) is 0 Å². The van der Waals surface area contributed by atoms with Crippen LogP contribution in [0.25, 0.3) is 22.5 Å². The summed E-state index contributed by atoms with van der Waals surface area (Å²) in [6.07, 6.45) is 0.853. The van der Waals surface area contributed by atoms with Gasteiger partial charge in [0.25, 0.3) is 0 Å². The van der Waals surface area contributed by atoms with Crippen molar-refractivity contribution < 1.29 is 0 Å². The van der Waals surface area contributed by atoms with Crippen LogP contribution in [-0.4, -0.2) is 9.97 Å². The minimum absolute atomic E-state index is 0.282.